The predicted octanol–water partition coefficient (Wildman–Crippen LogP) is 26.0. The van der Waals surface area contributed by atoms with E-state index >= 15 is 0 Å². The highest BCUT2D eigenvalue weighted by Crippen LogP contribution is 2.41. The van der Waals surface area contributed by atoms with Crippen molar-refractivity contribution in [2.75, 3.05) is 0 Å². The molecule has 0 saturated heterocycles. The summed E-state index contributed by atoms with van der Waals surface area (Å²) in [6.45, 7) is 0. The molecule has 23 rings (SSSR count). The van der Waals surface area contributed by atoms with Gasteiger partial charge in [-0.15, -0.1) is 0 Å². The van der Waals surface area contributed by atoms with Gasteiger partial charge >= 0.3 is 0 Å². The van der Waals surface area contributed by atoms with Crippen molar-refractivity contribution in [2.45, 2.75) is 0 Å². The molecule has 0 unspecified atom stereocenters. The first-order chi connectivity index (χ1) is 58.3. The number of hydrogen-bond donors (Lipinski definition) is 0. The molecule has 0 radical (unpaired) electrons. The van der Waals surface area contributed by atoms with Crippen molar-refractivity contribution >= 4 is 109 Å². The zero-order valence-corrected chi connectivity index (χ0v) is 63.2. The fourth-order valence-electron chi connectivity index (χ4n) is 16.7. The van der Waals surface area contributed by atoms with Crippen molar-refractivity contribution in [3.63, 3.8) is 0 Å². The predicted molar refractivity (Wildman–Crippen MR) is 480 cm³/mol. The largest absolute Gasteiger partial charge is 0.256 e. The van der Waals surface area contributed by atoms with Gasteiger partial charge in [0, 0.05) is 135 Å². The van der Waals surface area contributed by atoms with Gasteiger partial charge in [-0.2, -0.15) is 0 Å². The van der Waals surface area contributed by atoms with Crippen LogP contribution in [-0.2, 0) is 0 Å². The normalized spacial score (nSPS) is 11.7. The zero-order valence-electron chi connectivity index (χ0n) is 63.2. The van der Waals surface area contributed by atoms with Gasteiger partial charge in [-0.1, -0.05) is 188 Å². The number of nitrogens with zero attached hydrogens (tertiary/aromatic N) is 12. The van der Waals surface area contributed by atoms with Crippen LogP contribution in [-0.4, -0.2) is 59.8 Å². The Balaban J connectivity index is 0.506. The molecule has 0 amide bonds. The van der Waals surface area contributed by atoms with Crippen molar-refractivity contribution in [1.82, 2.24) is 59.8 Å². The number of rotatable bonds is 12. The Morgan fingerprint density at radius 2 is 0.483 bits per heavy atom. The minimum Gasteiger partial charge on any atom is -0.256 e. The molecule has 0 aliphatic heterocycles. The lowest BCUT2D eigenvalue weighted by Crippen LogP contribution is -1.93. The highest BCUT2D eigenvalue weighted by atomic mass is 14.8. The second kappa shape index (κ2) is 27.9. The summed E-state index contributed by atoms with van der Waals surface area (Å²) in [6, 6.07) is 121. The number of benzene rings is 11. The molecule has 0 saturated carbocycles. The summed E-state index contributed by atoms with van der Waals surface area (Å²) in [4.78, 5) is 61.0. The first-order valence-corrected chi connectivity index (χ1v) is 39.3. The van der Waals surface area contributed by atoms with E-state index < -0.39 is 0 Å². The topological polar surface area (TPSA) is 155 Å². The number of hydrogen-bond acceptors (Lipinski definition) is 12. The average Bonchev–Trinajstić information content (AvgIpc) is 0.592. The summed E-state index contributed by atoms with van der Waals surface area (Å²) in [5, 5.41) is 10.5. The van der Waals surface area contributed by atoms with E-state index in [0.717, 1.165) is 244 Å². The molecule has 118 heavy (non-hydrogen) atoms. The highest BCUT2D eigenvalue weighted by molar-refractivity contribution is 6.10. The minimum absolute atomic E-state index is 0.810. The summed E-state index contributed by atoms with van der Waals surface area (Å²) in [5.41, 5.74) is 31.8. The molecule has 546 valence electrons. The maximum atomic E-state index is 5.41. The van der Waals surface area contributed by atoms with Gasteiger partial charge in [-0.05, 0) is 191 Å². The molecule has 12 heterocycles. The number of fused-ring (bicyclic) bond motifs is 13. The molecule has 11 aromatic carbocycles. The Bertz CT molecular complexity index is 8110. The lowest BCUT2D eigenvalue weighted by atomic mass is 9.96. The minimum atomic E-state index is 0.810. The number of pyridine rings is 12. The molecule has 23 aromatic rings. The fraction of sp³-hybridized carbons (Fsp3) is 0. The molecule has 0 aliphatic carbocycles. The van der Waals surface area contributed by atoms with E-state index in [-0.39, 0.29) is 0 Å². The van der Waals surface area contributed by atoms with Crippen LogP contribution < -0.4 is 0 Å². The fourth-order valence-corrected chi connectivity index (χ4v) is 16.7. The molecule has 0 spiro atoms. The number of aromatic nitrogens is 12. The van der Waals surface area contributed by atoms with Crippen LogP contribution in [0.15, 0.2) is 377 Å². The molecule has 0 fully saturated rings. The third-order valence-corrected chi connectivity index (χ3v) is 22.8. The monoisotopic (exact) mass is 1500 g/mol. The Kier molecular flexibility index (Phi) is 16.0. The average molecular weight is 1500 g/mol. The van der Waals surface area contributed by atoms with Gasteiger partial charge < -0.3 is 0 Å². The molecule has 0 bridgehead atoms. The lowest BCUT2D eigenvalue weighted by molar-refractivity contribution is 1.30. The third kappa shape index (κ3) is 12.3. The molecule has 0 N–H and O–H groups in total. The Hall–Kier alpha value is -16.2. The highest BCUT2D eigenvalue weighted by Gasteiger charge is 2.19. The quantitative estimate of drug-likeness (QED) is 0.107. The Morgan fingerprint density at radius 3 is 0.975 bits per heavy atom. The summed E-state index contributed by atoms with van der Waals surface area (Å²) >= 11 is 0. The van der Waals surface area contributed by atoms with Gasteiger partial charge in [0.1, 0.15) is 0 Å². The van der Waals surface area contributed by atoms with Crippen molar-refractivity contribution in [3.05, 3.63) is 377 Å². The van der Waals surface area contributed by atoms with Crippen molar-refractivity contribution in [2.24, 2.45) is 0 Å². The summed E-state index contributed by atoms with van der Waals surface area (Å²) in [5.74, 6) is 0. The second-order valence-corrected chi connectivity index (χ2v) is 30.0. The summed E-state index contributed by atoms with van der Waals surface area (Å²) < 4.78 is 0. The van der Waals surface area contributed by atoms with Crippen molar-refractivity contribution in [1.29, 1.82) is 0 Å². The first-order valence-electron chi connectivity index (χ1n) is 39.3. The van der Waals surface area contributed by atoms with E-state index in [1.807, 2.05) is 61.3 Å². The van der Waals surface area contributed by atoms with Crippen LogP contribution in [0.4, 0.5) is 0 Å². The molecule has 0 atom stereocenters. The molecule has 12 nitrogen and oxygen atoms in total. The molecule has 12 aromatic heterocycles. The molecule has 0 aliphatic rings. The maximum absolute atomic E-state index is 5.41. The SMILES string of the molecule is c1ccc(-c2cc(-c3cc(-c4ccnc5c4ccc4ccc(-c6cccc(-c7ccc8ccc(-c9ccc%10nc(-c%11cccc(-c%12ccc%13ccc%14cccnc%14c%13n%12)c%11)ccc%10c9)cc8n7)c6)nc45)ccn3)cc(-c3ccc4cc(-c5ccc6ccc(-c7cccc(-c8ccc9ccc%10cccnc%10c9n8)c7)nc6c5)ccc4n3)c2)nc1. The molecule has 12 heteroatoms. The molecular formula is C106H62N12. The van der Waals surface area contributed by atoms with Gasteiger partial charge in [0.05, 0.1) is 106 Å². The van der Waals surface area contributed by atoms with Crippen LogP contribution in [0.25, 0.3) is 244 Å². The third-order valence-electron chi connectivity index (χ3n) is 22.8. The van der Waals surface area contributed by atoms with Crippen LogP contribution in [0.3, 0.4) is 0 Å². The Labute approximate surface area is 676 Å². The second-order valence-electron chi connectivity index (χ2n) is 30.0. The van der Waals surface area contributed by atoms with Gasteiger partial charge in [-0.25, -0.2) is 34.9 Å². The van der Waals surface area contributed by atoms with Gasteiger partial charge in [0.15, 0.2) is 0 Å². The van der Waals surface area contributed by atoms with Crippen molar-refractivity contribution < 1.29 is 0 Å². The van der Waals surface area contributed by atoms with Gasteiger partial charge in [-0.3, -0.25) is 24.9 Å². The van der Waals surface area contributed by atoms with Crippen LogP contribution in [0.2, 0.25) is 0 Å². The maximum Gasteiger partial charge on any atom is 0.0972 e. The summed E-state index contributed by atoms with van der Waals surface area (Å²) in [6.07, 6.45) is 9.26. The smallest absolute Gasteiger partial charge is 0.0972 e. The molecular weight excluding hydrogens is 1440 g/mol. The van der Waals surface area contributed by atoms with Crippen molar-refractivity contribution in [3.8, 4) is 135 Å². The lowest BCUT2D eigenvalue weighted by Gasteiger charge is -2.13. The van der Waals surface area contributed by atoms with E-state index in [1.54, 1.807) is 0 Å². The van der Waals surface area contributed by atoms with Crippen LogP contribution in [0.1, 0.15) is 0 Å². The standard InChI is InChI=1S/C106H62N12/c1-2-47-107-88(16-1)83-57-84(97-44-34-82-53-71(32-42-93(82)113-97)73-24-18-64-26-36-90(114-100(64)61-73)76-9-4-12-79(55-76)95-39-29-68-22-20-66-15-7-49-110-102(66)104(68)117-95)59-85(58-83)98-62-74(45-50-108-98)86-46-51-111-106-87(86)35-25-69-30-40-96(118-105(69)106)80-13-5-10-77(56-80)91-37-27-63-17-23-72(60-99(63)115-91)70-31-41-92-81(52-70)33-43-89(112-92)75-8-3-11-78(54-75)94-38-28-67-21-19-65-14-6-48-109-101(65)103(67)116-94/h1-62H. The van der Waals surface area contributed by atoms with E-state index in [4.69, 9.17) is 49.8 Å². The van der Waals surface area contributed by atoms with Gasteiger partial charge in [0.2, 0.25) is 0 Å². The first kappa shape index (κ1) is 67.5. The van der Waals surface area contributed by atoms with E-state index in [2.05, 4.69) is 325 Å². The Morgan fingerprint density at radius 1 is 0.136 bits per heavy atom. The van der Waals surface area contributed by atoms with E-state index in [0.29, 0.717) is 0 Å². The van der Waals surface area contributed by atoms with Crippen LogP contribution in [0.5, 0.6) is 0 Å². The van der Waals surface area contributed by atoms with Crippen LogP contribution >= 0.6 is 0 Å². The zero-order chi connectivity index (χ0) is 77.7. The van der Waals surface area contributed by atoms with Crippen LogP contribution in [0, 0.1) is 0 Å². The van der Waals surface area contributed by atoms with Gasteiger partial charge in [0.25, 0.3) is 0 Å². The summed E-state index contributed by atoms with van der Waals surface area (Å²) in [7, 11) is 0. The van der Waals surface area contributed by atoms with E-state index in [1.165, 1.54) is 0 Å². The van der Waals surface area contributed by atoms with E-state index in [9.17, 15) is 0 Å².